The minimum Gasteiger partial charge on any atom is -0.399 e. The fraction of sp³-hybridized carbons (Fsp3) is 0.217. The van der Waals surface area contributed by atoms with E-state index in [1.54, 1.807) is 16.8 Å². The van der Waals surface area contributed by atoms with E-state index in [9.17, 15) is 18.0 Å². The highest BCUT2D eigenvalue weighted by Crippen LogP contribution is 2.34. The summed E-state index contributed by atoms with van der Waals surface area (Å²) >= 11 is 0. The average Bonchev–Trinajstić information content (AvgIpc) is 3.45. The lowest BCUT2D eigenvalue weighted by Gasteiger charge is -2.18. The van der Waals surface area contributed by atoms with Crippen LogP contribution in [0.25, 0.3) is 22.3 Å². The molecule has 3 heterocycles. The van der Waals surface area contributed by atoms with E-state index in [4.69, 9.17) is 16.6 Å². The van der Waals surface area contributed by atoms with Crippen LogP contribution in [-0.2, 0) is 6.18 Å². The van der Waals surface area contributed by atoms with Gasteiger partial charge in [0.25, 0.3) is 0 Å². The number of nitrogens with two attached hydrogens (primary N) is 2. The van der Waals surface area contributed by atoms with E-state index in [0.29, 0.717) is 41.9 Å². The Bertz CT molecular complexity index is 1400. The Labute approximate surface area is 197 Å². The zero-order valence-electron chi connectivity index (χ0n) is 18.3. The van der Waals surface area contributed by atoms with Crippen molar-refractivity contribution in [1.29, 1.82) is 0 Å². The second-order valence-corrected chi connectivity index (χ2v) is 8.27. The van der Waals surface area contributed by atoms with Crippen LogP contribution < -0.4 is 16.8 Å². The number of carbonyl (C=O) groups excluding carboxylic acids is 1. The number of aromatic nitrogens is 4. The minimum atomic E-state index is -4.49. The zero-order valence-corrected chi connectivity index (χ0v) is 18.3. The summed E-state index contributed by atoms with van der Waals surface area (Å²) in [5, 5.41) is 7.91. The first-order valence-electron chi connectivity index (χ1n) is 10.8. The monoisotopic (exact) mass is 482 g/mol. The van der Waals surface area contributed by atoms with E-state index in [0.717, 1.165) is 17.7 Å². The number of fused-ring (bicyclic) bond motifs is 1. The highest BCUT2D eigenvalue weighted by Gasteiger charge is 2.32. The van der Waals surface area contributed by atoms with E-state index in [2.05, 4.69) is 15.3 Å². The van der Waals surface area contributed by atoms with Gasteiger partial charge in [-0.05, 0) is 36.8 Å². The molecule has 1 unspecified atom stereocenters. The lowest BCUT2D eigenvalue weighted by molar-refractivity contribution is -0.137. The van der Waals surface area contributed by atoms with E-state index < -0.39 is 17.8 Å². The Hall–Kier alpha value is -4.35. The van der Waals surface area contributed by atoms with Gasteiger partial charge in [-0.2, -0.15) is 18.3 Å². The van der Waals surface area contributed by atoms with Crippen LogP contribution in [0.3, 0.4) is 0 Å². The average molecular weight is 482 g/mol. The van der Waals surface area contributed by atoms with Crippen molar-refractivity contribution in [3.8, 4) is 11.3 Å². The summed E-state index contributed by atoms with van der Waals surface area (Å²) in [5.41, 5.74) is 13.8. The van der Waals surface area contributed by atoms with Crippen molar-refractivity contribution < 1.29 is 18.0 Å². The molecule has 1 aliphatic heterocycles. The van der Waals surface area contributed by atoms with Crippen LogP contribution in [0.4, 0.5) is 35.2 Å². The predicted octanol–water partition coefficient (Wildman–Crippen LogP) is 4.16. The van der Waals surface area contributed by atoms with E-state index in [1.807, 2.05) is 12.1 Å². The van der Waals surface area contributed by atoms with Gasteiger partial charge in [0.05, 0.1) is 17.0 Å². The van der Waals surface area contributed by atoms with Gasteiger partial charge in [0, 0.05) is 30.0 Å². The number of anilines is 3. The fourth-order valence-electron chi connectivity index (χ4n) is 4.19. The first-order valence-corrected chi connectivity index (χ1v) is 10.8. The van der Waals surface area contributed by atoms with E-state index in [1.165, 1.54) is 23.4 Å². The van der Waals surface area contributed by atoms with Crippen molar-refractivity contribution in [1.82, 2.24) is 24.6 Å². The minimum absolute atomic E-state index is 0.0731. The summed E-state index contributed by atoms with van der Waals surface area (Å²) in [4.78, 5) is 22.8. The molecule has 4 aromatic rings. The molecule has 2 aromatic heterocycles. The van der Waals surface area contributed by atoms with Crippen molar-refractivity contribution in [2.75, 3.05) is 29.9 Å². The normalized spacial score (nSPS) is 16.1. The third kappa shape index (κ3) is 4.29. The third-order valence-electron chi connectivity index (χ3n) is 5.94. The second kappa shape index (κ2) is 8.46. The molecule has 5 rings (SSSR count). The summed E-state index contributed by atoms with van der Waals surface area (Å²) in [7, 11) is 0. The van der Waals surface area contributed by atoms with Crippen molar-refractivity contribution in [2.24, 2.45) is 0 Å². The molecule has 180 valence electrons. The van der Waals surface area contributed by atoms with Gasteiger partial charge in [-0.3, -0.25) is 0 Å². The maximum Gasteiger partial charge on any atom is 0.416 e. The molecule has 5 N–H and O–H groups in total. The highest BCUT2D eigenvalue weighted by molar-refractivity contribution is 5.98. The molecular weight excluding hydrogens is 461 g/mol. The predicted molar refractivity (Wildman–Crippen MR) is 125 cm³/mol. The van der Waals surface area contributed by atoms with Crippen LogP contribution in [0.2, 0.25) is 0 Å². The summed E-state index contributed by atoms with van der Waals surface area (Å²) in [5.74, 6) is 0.283. The van der Waals surface area contributed by atoms with Crippen molar-refractivity contribution in [3.05, 3.63) is 60.4 Å². The summed E-state index contributed by atoms with van der Waals surface area (Å²) in [6.07, 6.45) is -2.56. The number of hydrogen-bond acceptors (Lipinski definition) is 6. The number of nitrogen functional groups attached to an aromatic ring is 2. The molecule has 2 amide bonds. The van der Waals surface area contributed by atoms with Gasteiger partial charge in [-0.25, -0.2) is 19.4 Å². The molecule has 1 atom stereocenters. The molecular formula is C23H21F3N8O. The van der Waals surface area contributed by atoms with Gasteiger partial charge in [0.1, 0.15) is 17.8 Å². The Balaban J connectivity index is 1.39. The maximum absolute atomic E-state index is 13.0. The smallest absolute Gasteiger partial charge is 0.399 e. The Kier molecular flexibility index (Phi) is 5.42. The molecule has 12 heteroatoms. The summed E-state index contributed by atoms with van der Waals surface area (Å²) in [6, 6.07) is 11.0. The van der Waals surface area contributed by atoms with Gasteiger partial charge in [-0.15, -0.1) is 0 Å². The van der Waals surface area contributed by atoms with Gasteiger partial charge in [-0.1, -0.05) is 18.2 Å². The van der Waals surface area contributed by atoms with Crippen molar-refractivity contribution in [3.63, 3.8) is 0 Å². The van der Waals surface area contributed by atoms with Crippen LogP contribution in [0.15, 0.2) is 54.9 Å². The molecule has 1 saturated heterocycles. The molecule has 9 nitrogen and oxygen atoms in total. The molecule has 0 aliphatic carbocycles. The SMILES string of the molecule is Nc1ccc(-c2nn(C3CCN(C(=O)Nc4cccc(C(F)(F)F)c4)C3)c3ncnc(N)c23)cc1. The lowest BCUT2D eigenvalue weighted by atomic mass is 10.1. The molecule has 35 heavy (non-hydrogen) atoms. The Morgan fingerprint density at radius 2 is 1.86 bits per heavy atom. The highest BCUT2D eigenvalue weighted by atomic mass is 19.4. The first kappa shape index (κ1) is 22.4. The number of rotatable bonds is 3. The van der Waals surface area contributed by atoms with Crippen LogP contribution in [0.1, 0.15) is 18.0 Å². The van der Waals surface area contributed by atoms with Gasteiger partial charge < -0.3 is 21.7 Å². The largest absolute Gasteiger partial charge is 0.416 e. The molecule has 1 fully saturated rings. The number of carbonyl (C=O) groups is 1. The number of benzene rings is 2. The molecule has 0 saturated carbocycles. The Morgan fingerprint density at radius 3 is 2.60 bits per heavy atom. The number of nitrogens with zero attached hydrogens (tertiary/aromatic N) is 5. The number of hydrogen-bond donors (Lipinski definition) is 3. The molecule has 1 aliphatic rings. The number of amides is 2. The molecule has 2 aromatic carbocycles. The van der Waals surface area contributed by atoms with Crippen LogP contribution in [0, 0.1) is 0 Å². The topological polar surface area (TPSA) is 128 Å². The van der Waals surface area contributed by atoms with Crippen LogP contribution >= 0.6 is 0 Å². The van der Waals surface area contributed by atoms with Crippen LogP contribution in [0.5, 0.6) is 0 Å². The molecule has 0 radical (unpaired) electrons. The third-order valence-corrected chi connectivity index (χ3v) is 5.94. The number of nitrogens with one attached hydrogen (secondary N) is 1. The quantitative estimate of drug-likeness (QED) is 0.376. The second-order valence-electron chi connectivity index (χ2n) is 8.27. The number of halogens is 3. The van der Waals surface area contributed by atoms with Gasteiger partial charge >= 0.3 is 12.2 Å². The van der Waals surface area contributed by atoms with Crippen molar-refractivity contribution in [2.45, 2.75) is 18.6 Å². The fourth-order valence-corrected chi connectivity index (χ4v) is 4.19. The Morgan fingerprint density at radius 1 is 1.09 bits per heavy atom. The van der Waals surface area contributed by atoms with Gasteiger partial charge in [0.2, 0.25) is 0 Å². The number of likely N-dealkylation sites (tertiary alicyclic amines) is 1. The number of alkyl halides is 3. The van der Waals surface area contributed by atoms with E-state index in [-0.39, 0.29) is 17.5 Å². The van der Waals surface area contributed by atoms with Gasteiger partial charge in [0.15, 0.2) is 5.65 Å². The molecule has 0 bridgehead atoms. The van der Waals surface area contributed by atoms with Crippen molar-refractivity contribution >= 4 is 34.3 Å². The maximum atomic E-state index is 13.0. The molecule has 0 spiro atoms. The van der Waals surface area contributed by atoms with Crippen LogP contribution in [-0.4, -0.2) is 43.8 Å². The lowest BCUT2D eigenvalue weighted by Crippen LogP contribution is -2.33. The number of urea groups is 1. The first-order chi connectivity index (χ1) is 16.7. The summed E-state index contributed by atoms with van der Waals surface area (Å²) in [6.45, 7) is 0.696. The zero-order chi connectivity index (χ0) is 24.7. The standard InChI is InChI=1S/C23H21F3N8O/c24-23(25,26)14-2-1-3-16(10-14)31-22(35)33-9-8-17(11-33)34-21-18(20(28)29-12-30-21)19(32-34)13-4-6-15(27)7-5-13/h1-7,10,12,17H,8-9,11,27H2,(H,31,35)(H2,28,29,30). The summed E-state index contributed by atoms with van der Waals surface area (Å²) < 4.78 is 40.7. The van der Waals surface area contributed by atoms with E-state index >= 15 is 0 Å².